The van der Waals surface area contributed by atoms with E-state index in [1.807, 2.05) is 13.2 Å². The Morgan fingerprint density at radius 1 is 1.52 bits per heavy atom. The fourth-order valence-corrected chi connectivity index (χ4v) is 1.73. The highest BCUT2D eigenvalue weighted by Crippen LogP contribution is 2.04. The van der Waals surface area contributed by atoms with Crippen LogP contribution in [0.25, 0.3) is 0 Å². The summed E-state index contributed by atoms with van der Waals surface area (Å²) in [6.45, 7) is 0.378. The molecule has 0 aliphatic heterocycles. The number of amides is 1. The second-order valence-electron chi connectivity index (χ2n) is 4.38. The van der Waals surface area contributed by atoms with Crippen molar-refractivity contribution in [3.63, 3.8) is 0 Å². The van der Waals surface area contributed by atoms with Gasteiger partial charge in [0.1, 0.15) is 5.69 Å². The molecule has 2 rings (SSSR count). The van der Waals surface area contributed by atoms with Gasteiger partial charge in [0.25, 0.3) is 5.91 Å². The third-order valence-electron chi connectivity index (χ3n) is 2.69. The summed E-state index contributed by atoms with van der Waals surface area (Å²) in [4.78, 5) is 16.2. The van der Waals surface area contributed by atoms with E-state index in [1.165, 1.54) is 0 Å². The molecule has 0 bridgehead atoms. The first-order chi connectivity index (χ1) is 10.2. The van der Waals surface area contributed by atoms with Crippen LogP contribution in [0.3, 0.4) is 0 Å². The van der Waals surface area contributed by atoms with Crippen molar-refractivity contribution in [1.82, 2.24) is 20.1 Å². The molecule has 0 saturated heterocycles. The van der Waals surface area contributed by atoms with Crippen LogP contribution in [0.1, 0.15) is 28.0 Å². The summed E-state index contributed by atoms with van der Waals surface area (Å²) in [5.41, 5.74) is 1.75. The van der Waals surface area contributed by atoms with Crippen molar-refractivity contribution in [2.75, 3.05) is 6.61 Å². The van der Waals surface area contributed by atoms with Gasteiger partial charge in [-0.2, -0.15) is 5.10 Å². The van der Waals surface area contributed by atoms with Crippen molar-refractivity contribution in [3.05, 3.63) is 47.5 Å². The molecule has 0 atom stereocenters. The van der Waals surface area contributed by atoms with Gasteiger partial charge < -0.3 is 10.4 Å². The molecule has 21 heavy (non-hydrogen) atoms. The summed E-state index contributed by atoms with van der Waals surface area (Å²) in [5.74, 6) is 5.35. The highest BCUT2D eigenvalue weighted by molar-refractivity contribution is 5.94. The van der Waals surface area contributed by atoms with E-state index in [0.717, 1.165) is 5.56 Å². The molecule has 2 aromatic heterocycles. The number of aliphatic hydroxyl groups is 1. The lowest BCUT2D eigenvalue weighted by Gasteiger charge is -2.04. The highest BCUT2D eigenvalue weighted by Gasteiger charge is 2.11. The average molecular weight is 284 g/mol. The Labute approximate surface area is 122 Å². The summed E-state index contributed by atoms with van der Waals surface area (Å²) >= 11 is 0. The van der Waals surface area contributed by atoms with Crippen molar-refractivity contribution in [2.24, 2.45) is 7.05 Å². The predicted molar refractivity (Wildman–Crippen MR) is 77.2 cm³/mol. The van der Waals surface area contributed by atoms with E-state index in [1.54, 1.807) is 29.2 Å². The summed E-state index contributed by atoms with van der Waals surface area (Å²) < 4.78 is 1.67. The molecule has 108 valence electrons. The van der Waals surface area contributed by atoms with Crippen molar-refractivity contribution >= 4 is 5.91 Å². The number of aromatic nitrogens is 3. The van der Waals surface area contributed by atoms with Gasteiger partial charge in [-0.3, -0.25) is 9.48 Å². The summed E-state index contributed by atoms with van der Waals surface area (Å²) in [5, 5.41) is 15.6. The molecule has 2 heterocycles. The zero-order valence-electron chi connectivity index (χ0n) is 11.7. The Morgan fingerprint density at radius 3 is 3.10 bits per heavy atom. The van der Waals surface area contributed by atoms with Gasteiger partial charge in [0.05, 0.1) is 18.4 Å². The van der Waals surface area contributed by atoms with Crippen LogP contribution in [-0.2, 0) is 13.6 Å². The number of aryl methyl sites for hydroxylation is 1. The van der Waals surface area contributed by atoms with Gasteiger partial charge in [0.2, 0.25) is 0 Å². The monoisotopic (exact) mass is 284 g/mol. The van der Waals surface area contributed by atoms with Crippen LogP contribution in [-0.4, -0.2) is 32.4 Å². The number of carbonyl (C=O) groups is 1. The Kier molecular flexibility index (Phi) is 5.07. The third-order valence-corrected chi connectivity index (χ3v) is 2.69. The number of hydrogen-bond donors (Lipinski definition) is 2. The van der Waals surface area contributed by atoms with Gasteiger partial charge in [0, 0.05) is 38.0 Å². The highest BCUT2D eigenvalue weighted by atomic mass is 16.2. The maximum atomic E-state index is 12.2. The molecule has 0 aliphatic carbocycles. The minimum absolute atomic E-state index is 0.00417. The Morgan fingerprint density at radius 2 is 2.38 bits per heavy atom. The average Bonchev–Trinajstić information content (AvgIpc) is 2.91. The quantitative estimate of drug-likeness (QED) is 0.800. The van der Waals surface area contributed by atoms with Crippen molar-refractivity contribution in [1.29, 1.82) is 0 Å². The normalized spacial score (nSPS) is 9.81. The fraction of sp³-hybridized carbons (Fsp3) is 0.267. The topological polar surface area (TPSA) is 80.0 Å². The number of aliphatic hydroxyl groups excluding tert-OH is 1. The number of rotatable bonds is 4. The SMILES string of the molecule is Cn1cc(CNC(=O)c2ncccc2C#CCCO)cn1. The lowest BCUT2D eigenvalue weighted by Crippen LogP contribution is -2.24. The first-order valence-corrected chi connectivity index (χ1v) is 6.51. The van der Waals surface area contributed by atoms with Crippen molar-refractivity contribution in [2.45, 2.75) is 13.0 Å². The molecule has 6 heteroatoms. The summed E-state index contributed by atoms with van der Waals surface area (Å²) in [6, 6.07) is 3.46. The summed E-state index contributed by atoms with van der Waals surface area (Å²) in [6.07, 6.45) is 5.45. The van der Waals surface area contributed by atoms with E-state index in [9.17, 15) is 4.79 Å². The summed E-state index contributed by atoms with van der Waals surface area (Å²) in [7, 11) is 1.82. The van der Waals surface area contributed by atoms with Crippen LogP contribution in [0.15, 0.2) is 30.7 Å². The maximum absolute atomic E-state index is 12.2. The van der Waals surface area contributed by atoms with Gasteiger partial charge in [-0.05, 0) is 12.1 Å². The third kappa shape index (κ3) is 4.16. The molecule has 0 aliphatic rings. The number of hydrogen-bond acceptors (Lipinski definition) is 4. The zero-order valence-corrected chi connectivity index (χ0v) is 11.7. The Bertz CT molecular complexity index is 682. The van der Waals surface area contributed by atoms with E-state index in [4.69, 9.17) is 5.11 Å². The number of nitrogens with one attached hydrogen (secondary N) is 1. The molecule has 0 unspecified atom stereocenters. The largest absolute Gasteiger partial charge is 0.395 e. The molecule has 0 spiro atoms. The second kappa shape index (κ2) is 7.22. The van der Waals surface area contributed by atoms with Crippen LogP contribution >= 0.6 is 0 Å². The number of nitrogens with zero attached hydrogens (tertiary/aromatic N) is 3. The first kappa shape index (κ1) is 14.8. The standard InChI is InChI=1S/C15H16N4O2/c1-19-11-12(10-18-19)9-17-15(21)14-13(5-2-3-8-20)6-4-7-16-14/h4,6-7,10-11,20H,3,8-9H2,1H3,(H,17,21). The van der Waals surface area contributed by atoms with E-state index in [-0.39, 0.29) is 18.2 Å². The fourth-order valence-electron chi connectivity index (χ4n) is 1.73. The smallest absolute Gasteiger partial charge is 0.271 e. The van der Waals surface area contributed by atoms with Crippen LogP contribution < -0.4 is 5.32 Å². The second-order valence-corrected chi connectivity index (χ2v) is 4.38. The molecular formula is C15H16N4O2. The van der Waals surface area contributed by atoms with Gasteiger partial charge >= 0.3 is 0 Å². The van der Waals surface area contributed by atoms with Crippen LogP contribution in [0, 0.1) is 11.8 Å². The van der Waals surface area contributed by atoms with Crippen LogP contribution in [0.5, 0.6) is 0 Å². The molecule has 0 fully saturated rings. The van der Waals surface area contributed by atoms with E-state index in [2.05, 4.69) is 27.2 Å². The number of pyridine rings is 1. The lowest BCUT2D eigenvalue weighted by atomic mass is 10.2. The molecule has 1 amide bonds. The zero-order chi connectivity index (χ0) is 15.1. The van der Waals surface area contributed by atoms with Crippen molar-refractivity contribution < 1.29 is 9.90 Å². The van der Waals surface area contributed by atoms with Crippen LogP contribution in [0.2, 0.25) is 0 Å². The molecule has 0 saturated carbocycles. The molecular weight excluding hydrogens is 268 g/mol. The first-order valence-electron chi connectivity index (χ1n) is 6.51. The molecule has 0 radical (unpaired) electrons. The maximum Gasteiger partial charge on any atom is 0.271 e. The Balaban J connectivity index is 2.07. The Hall–Kier alpha value is -2.65. The van der Waals surface area contributed by atoms with Gasteiger partial charge in [0.15, 0.2) is 0 Å². The predicted octanol–water partition coefficient (Wildman–Crippen LogP) is 0.479. The van der Waals surface area contributed by atoms with E-state index >= 15 is 0 Å². The van der Waals surface area contributed by atoms with Crippen LogP contribution in [0.4, 0.5) is 0 Å². The minimum atomic E-state index is -0.284. The van der Waals surface area contributed by atoms with Gasteiger partial charge in [-0.25, -0.2) is 4.98 Å². The van der Waals surface area contributed by atoms with Gasteiger partial charge in [-0.1, -0.05) is 11.8 Å². The number of carbonyl (C=O) groups excluding carboxylic acids is 1. The molecule has 2 N–H and O–H groups in total. The van der Waals surface area contributed by atoms with E-state index < -0.39 is 0 Å². The minimum Gasteiger partial charge on any atom is -0.395 e. The lowest BCUT2D eigenvalue weighted by molar-refractivity contribution is 0.0945. The van der Waals surface area contributed by atoms with Gasteiger partial charge in [-0.15, -0.1) is 0 Å². The van der Waals surface area contributed by atoms with Crippen molar-refractivity contribution in [3.8, 4) is 11.8 Å². The molecule has 0 aromatic carbocycles. The molecule has 2 aromatic rings. The molecule has 6 nitrogen and oxygen atoms in total. The van der Waals surface area contributed by atoms with E-state index in [0.29, 0.717) is 18.5 Å².